The summed E-state index contributed by atoms with van der Waals surface area (Å²) >= 11 is 0. The largest absolute Gasteiger partial charge is 0.425 e. The van der Waals surface area contributed by atoms with Crippen LogP contribution in [0.4, 0.5) is 5.69 Å². The molecule has 0 aromatic heterocycles. The highest BCUT2D eigenvalue weighted by molar-refractivity contribution is 7.52. The lowest BCUT2D eigenvalue weighted by molar-refractivity contribution is 0.387. The number of hydrogen-bond acceptors (Lipinski definition) is 4. The molecule has 25 heavy (non-hydrogen) atoms. The number of hydrogen-bond donors (Lipinski definition) is 1. The van der Waals surface area contributed by atoms with Gasteiger partial charge in [0.05, 0.1) is 0 Å². The van der Waals surface area contributed by atoms with Crippen LogP contribution < -0.4 is 4.52 Å². The molecule has 0 aliphatic rings. The highest BCUT2D eigenvalue weighted by Crippen LogP contribution is 2.39. The van der Waals surface area contributed by atoms with E-state index in [9.17, 15) is 14.4 Å². The SMILES string of the molecule is Cc1cc(OP(C)(=O)O)cc(C)c1Cc1ccc(N=O)c(C(C)C)c1. The quantitative estimate of drug-likeness (QED) is 0.536. The van der Waals surface area contributed by atoms with Gasteiger partial charge in [0.15, 0.2) is 0 Å². The lowest BCUT2D eigenvalue weighted by atomic mass is 9.92. The molecule has 5 nitrogen and oxygen atoms in total. The van der Waals surface area contributed by atoms with Crippen LogP contribution in [-0.4, -0.2) is 11.6 Å². The van der Waals surface area contributed by atoms with Crippen molar-refractivity contribution in [3.63, 3.8) is 0 Å². The highest BCUT2D eigenvalue weighted by atomic mass is 31.2. The maximum absolute atomic E-state index is 11.4. The number of nitroso groups, excluding NO2 is 1. The van der Waals surface area contributed by atoms with E-state index < -0.39 is 7.60 Å². The lowest BCUT2D eigenvalue weighted by Crippen LogP contribution is -1.99. The second-order valence-electron chi connectivity index (χ2n) is 6.75. The van der Waals surface area contributed by atoms with Crippen LogP contribution in [0.15, 0.2) is 35.5 Å². The van der Waals surface area contributed by atoms with E-state index in [4.69, 9.17) is 4.52 Å². The van der Waals surface area contributed by atoms with Gasteiger partial charge in [-0.15, -0.1) is 4.91 Å². The Balaban J connectivity index is 2.36. The molecule has 134 valence electrons. The number of nitrogens with zero attached hydrogens (tertiary/aromatic N) is 1. The van der Waals surface area contributed by atoms with Crippen LogP contribution in [0.2, 0.25) is 0 Å². The average Bonchev–Trinajstić information content (AvgIpc) is 2.49. The zero-order chi connectivity index (χ0) is 18.8. The van der Waals surface area contributed by atoms with Crippen LogP contribution >= 0.6 is 7.60 Å². The Hall–Kier alpha value is -1.97. The fraction of sp³-hybridized carbons (Fsp3) is 0.368. The van der Waals surface area contributed by atoms with Crippen LogP contribution in [0.3, 0.4) is 0 Å². The fourth-order valence-corrected chi connectivity index (χ4v) is 3.44. The molecular formula is C19H24NO4P. The Morgan fingerprint density at radius 1 is 1.16 bits per heavy atom. The smallest absolute Gasteiger partial charge is 0.373 e. The zero-order valence-corrected chi connectivity index (χ0v) is 16.1. The van der Waals surface area contributed by atoms with E-state index >= 15 is 0 Å². The molecule has 0 aliphatic heterocycles. The Morgan fingerprint density at radius 3 is 2.24 bits per heavy atom. The maximum atomic E-state index is 11.4. The minimum atomic E-state index is -3.58. The van der Waals surface area contributed by atoms with Gasteiger partial charge in [-0.1, -0.05) is 26.0 Å². The maximum Gasteiger partial charge on any atom is 0.373 e. The molecule has 6 heteroatoms. The van der Waals surface area contributed by atoms with Crippen molar-refractivity contribution in [1.29, 1.82) is 0 Å². The first kappa shape index (κ1) is 19.4. The molecule has 0 spiro atoms. The zero-order valence-electron chi connectivity index (χ0n) is 15.2. The van der Waals surface area contributed by atoms with E-state index in [1.807, 2.05) is 39.8 Å². The van der Waals surface area contributed by atoms with Crippen LogP contribution in [0.1, 0.15) is 47.6 Å². The Bertz CT molecular complexity index is 816. The van der Waals surface area contributed by atoms with Crippen molar-refractivity contribution in [2.24, 2.45) is 5.18 Å². The number of rotatable bonds is 6. The molecule has 0 fully saturated rings. The van der Waals surface area contributed by atoms with Gasteiger partial charge in [-0.05, 0) is 77.4 Å². The first-order valence-electron chi connectivity index (χ1n) is 8.17. The topological polar surface area (TPSA) is 76.0 Å². The summed E-state index contributed by atoms with van der Waals surface area (Å²) in [4.78, 5) is 20.3. The van der Waals surface area contributed by atoms with Crippen molar-refractivity contribution in [2.75, 3.05) is 6.66 Å². The summed E-state index contributed by atoms with van der Waals surface area (Å²) in [5.74, 6) is 0.615. The highest BCUT2D eigenvalue weighted by Gasteiger charge is 2.15. The molecule has 0 heterocycles. The summed E-state index contributed by atoms with van der Waals surface area (Å²) in [6.07, 6.45) is 0.708. The van der Waals surface area contributed by atoms with Crippen molar-refractivity contribution < 1.29 is 14.0 Å². The number of aryl methyl sites for hydroxylation is 2. The van der Waals surface area contributed by atoms with Gasteiger partial charge in [0, 0.05) is 6.66 Å². The third kappa shape index (κ3) is 5.00. The normalized spacial score (nSPS) is 13.6. The predicted octanol–water partition coefficient (Wildman–Crippen LogP) is 5.61. The molecule has 2 rings (SSSR count). The average molecular weight is 361 g/mol. The summed E-state index contributed by atoms with van der Waals surface area (Å²) in [6.45, 7) is 9.15. The second kappa shape index (κ2) is 7.51. The van der Waals surface area contributed by atoms with Crippen LogP contribution in [0.25, 0.3) is 0 Å². The van der Waals surface area contributed by atoms with Gasteiger partial charge in [0.2, 0.25) is 0 Å². The molecule has 0 saturated heterocycles. The molecule has 1 atom stereocenters. The van der Waals surface area contributed by atoms with E-state index in [1.54, 1.807) is 18.2 Å². The molecule has 2 aromatic carbocycles. The standard InChI is InChI=1S/C19H24NO4P/c1-12(2)17-10-15(6-7-19(17)20-21)11-18-13(3)8-16(9-14(18)4)24-25(5,22)23/h6-10,12H,11H2,1-5H3,(H,22,23). The monoisotopic (exact) mass is 361 g/mol. The molecule has 1 unspecified atom stereocenters. The molecule has 0 radical (unpaired) electrons. The first-order valence-corrected chi connectivity index (χ1v) is 10.2. The summed E-state index contributed by atoms with van der Waals surface area (Å²) in [7, 11) is -3.58. The summed E-state index contributed by atoms with van der Waals surface area (Å²) in [5.41, 5.74) is 5.64. The van der Waals surface area contributed by atoms with Crippen LogP contribution in [0.5, 0.6) is 5.75 Å². The minimum absolute atomic E-state index is 0.217. The predicted molar refractivity (Wildman–Crippen MR) is 101 cm³/mol. The van der Waals surface area contributed by atoms with Gasteiger partial charge in [-0.2, -0.15) is 0 Å². The molecule has 2 aromatic rings. The fourth-order valence-electron chi connectivity index (χ4n) is 2.94. The van der Waals surface area contributed by atoms with Crippen molar-refractivity contribution in [1.82, 2.24) is 0 Å². The van der Waals surface area contributed by atoms with Crippen molar-refractivity contribution in [2.45, 2.75) is 40.0 Å². The van der Waals surface area contributed by atoms with Crippen molar-refractivity contribution >= 4 is 13.3 Å². The molecule has 0 bridgehead atoms. The van der Waals surface area contributed by atoms with E-state index in [2.05, 4.69) is 5.18 Å². The van der Waals surface area contributed by atoms with Gasteiger partial charge >= 0.3 is 7.60 Å². The van der Waals surface area contributed by atoms with Gasteiger partial charge in [-0.3, -0.25) is 0 Å². The summed E-state index contributed by atoms with van der Waals surface area (Å²) in [6, 6.07) is 9.26. The van der Waals surface area contributed by atoms with Gasteiger partial charge < -0.3 is 9.42 Å². The molecule has 0 saturated carbocycles. The second-order valence-corrected chi connectivity index (χ2v) is 8.53. The van der Waals surface area contributed by atoms with E-state index in [0.29, 0.717) is 17.9 Å². The van der Waals surface area contributed by atoms with Crippen molar-refractivity contribution in [3.05, 3.63) is 63.1 Å². The van der Waals surface area contributed by atoms with Crippen molar-refractivity contribution in [3.8, 4) is 5.75 Å². The van der Waals surface area contributed by atoms with E-state index in [1.165, 1.54) is 6.66 Å². The number of benzene rings is 2. The van der Waals surface area contributed by atoms with E-state index in [0.717, 1.165) is 27.8 Å². The summed E-state index contributed by atoms with van der Waals surface area (Å²) < 4.78 is 16.6. The first-order chi connectivity index (χ1) is 11.6. The van der Waals surface area contributed by atoms with Crippen LogP contribution in [0, 0.1) is 18.8 Å². The molecular weight excluding hydrogens is 337 g/mol. The lowest BCUT2D eigenvalue weighted by Gasteiger charge is -2.16. The third-order valence-electron chi connectivity index (χ3n) is 4.14. The van der Waals surface area contributed by atoms with E-state index in [-0.39, 0.29) is 5.92 Å². The third-order valence-corrected chi connectivity index (χ3v) is 4.69. The summed E-state index contributed by atoms with van der Waals surface area (Å²) in [5, 5.41) is 3.10. The van der Waals surface area contributed by atoms with Gasteiger partial charge in [0.1, 0.15) is 11.4 Å². The molecule has 0 aliphatic carbocycles. The molecule has 0 amide bonds. The van der Waals surface area contributed by atoms with Crippen LogP contribution in [-0.2, 0) is 11.0 Å². The minimum Gasteiger partial charge on any atom is -0.425 e. The molecule has 1 N–H and O–H groups in total. The Kier molecular flexibility index (Phi) is 5.81. The Labute approximate surface area is 148 Å². The van der Waals surface area contributed by atoms with Gasteiger partial charge in [0.25, 0.3) is 0 Å². The van der Waals surface area contributed by atoms with Gasteiger partial charge in [-0.25, -0.2) is 4.57 Å². The Morgan fingerprint density at radius 2 is 1.76 bits per heavy atom.